The molecule has 0 bridgehead atoms. The first kappa shape index (κ1) is 12.6. The summed E-state index contributed by atoms with van der Waals surface area (Å²) in [6.07, 6.45) is 5.95. The van der Waals surface area contributed by atoms with Gasteiger partial charge in [0.2, 0.25) is 0 Å². The third-order valence-electron chi connectivity index (χ3n) is 2.33. The van der Waals surface area contributed by atoms with Crippen LogP contribution in [0.1, 0.15) is 5.56 Å². The molecule has 0 aliphatic rings. The van der Waals surface area contributed by atoms with Gasteiger partial charge in [0.05, 0.1) is 13.3 Å². The van der Waals surface area contributed by atoms with Crippen molar-refractivity contribution in [1.82, 2.24) is 15.0 Å². The zero-order chi connectivity index (χ0) is 12.8. The number of anilines is 1. The lowest BCUT2D eigenvalue weighted by Crippen LogP contribution is -2.08. The van der Waals surface area contributed by atoms with Crippen molar-refractivity contribution in [3.63, 3.8) is 0 Å². The molecule has 1 N–H and O–H groups in total. The molecule has 2 rings (SSSR count). The third kappa shape index (κ3) is 3.30. The predicted octanol–water partition coefficient (Wildman–Crippen LogP) is 2.19. The summed E-state index contributed by atoms with van der Waals surface area (Å²) >= 11 is 5.98. The van der Waals surface area contributed by atoms with Crippen LogP contribution in [0.15, 0.2) is 30.7 Å². The average Bonchev–Trinajstić information content (AvgIpc) is 2.42. The van der Waals surface area contributed by atoms with Gasteiger partial charge in [-0.05, 0) is 18.1 Å². The number of methoxy groups -OCH3 is 1. The van der Waals surface area contributed by atoms with E-state index >= 15 is 0 Å². The fraction of sp³-hybridized carbons (Fsp3) is 0.250. The molecule has 2 aromatic rings. The molecule has 5 nitrogen and oxygen atoms in total. The van der Waals surface area contributed by atoms with Crippen LogP contribution in [0.2, 0.25) is 5.02 Å². The highest BCUT2D eigenvalue weighted by Gasteiger charge is 2.04. The van der Waals surface area contributed by atoms with Crippen molar-refractivity contribution in [2.24, 2.45) is 0 Å². The van der Waals surface area contributed by atoms with E-state index < -0.39 is 0 Å². The number of halogens is 1. The predicted molar refractivity (Wildman–Crippen MR) is 70.0 cm³/mol. The monoisotopic (exact) mass is 264 g/mol. The number of aromatic nitrogens is 3. The number of hydrogen-bond donors (Lipinski definition) is 1. The number of rotatable bonds is 5. The maximum atomic E-state index is 5.98. The summed E-state index contributed by atoms with van der Waals surface area (Å²) in [6.45, 7) is 0.714. The van der Waals surface area contributed by atoms with Crippen LogP contribution >= 0.6 is 11.6 Å². The van der Waals surface area contributed by atoms with Crippen LogP contribution in [0.3, 0.4) is 0 Å². The summed E-state index contributed by atoms with van der Waals surface area (Å²) in [7, 11) is 1.52. The Hall–Kier alpha value is -1.88. The summed E-state index contributed by atoms with van der Waals surface area (Å²) in [6, 6.07) is 4.23. The van der Waals surface area contributed by atoms with Crippen LogP contribution in [0, 0.1) is 0 Å². The van der Waals surface area contributed by atoms with Crippen molar-refractivity contribution in [2.45, 2.75) is 6.42 Å². The van der Waals surface area contributed by atoms with Crippen molar-refractivity contribution in [3.8, 4) is 6.01 Å². The zero-order valence-corrected chi connectivity index (χ0v) is 10.7. The molecular weight excluding hydrogens is 252 g/mol. The lowest BCUT2D eigenvalue weighted by Gasteiger charge is -2.07. The number of nitrogens with one attached hydrogen (secondary N) is 1. The van der Waals surface area contributed by atoms with Gasteiger partial charge >= 0.3 is 6.01 Å². The lowest BCUT2D eigenvalue weighted by atomic mass is 10.2. The van der Waals surface area contributed by atoms with Crippen molar-refractivity contribution in [2.75, 3.05) is 19.0 Å². The summed E-state index contributed by atoms with van der Waals surface area (Å²) < 4.78 is 4.94. The van der Waals surface area contributed by atoms with E-state index in [1.54, 1.807) is 6.20 Å². The molecule has 2 heterocycles. The minimum absolute atomic E-state index is 0.295. The first-order chi connectivity index (χ1) is 8.79. The summed E-state index contributed by atoms with van der Waals surface area (Å²) in [5.41, 5.74) is 1.15. The number of nitrogens with zero attached hydrogens (tertiary/aromatic N) is 3. The molecule has 0 unspecified atom stereocenters. The fourth-order valence-electron chi connectivity index (χ4n) is 1.44. The van der Waals surface area contributed by atoms with Gasteiger partial charge in [-0.1, -0.05) is 17.7 Å². The summed E-state index contributed by atoms with van der Waals surface area (Å²) in [4.78, 5) is 12.1. The highest BCUT2D eigenvalue weighted by atomic mass is 35.5. The molecular formula is C12H13ClN4O. The molecule has 0 saturated heterocycles. The van der Waals surface area contributed by atoms with Gasteiger partial charge in [0.1, 0.15) is 5.02 Å². The van der Waals surface area contributed by atoms with Gasteiger partial charge in [-0.3, -0.25) is 4.98 Å². The molecule has 94 valence electrons. The topological polar surface area (TPSA) is 59.9 Å². The minimum atomic E-state index is 0.295. The van der Waals surface area contributed by atoms with Crippen LogP contribution in [0.4, 0.5) is 5.82 Å². The molecule has 0 amide bonds. The van der Waals surface area contributed by atoms with Gasteiger partial charge in [0, 0.05) is 18.9 Å². The molecule has 0 fully saturated rings. The molecule has 6 heteroatoms. The van der Waals surface area contributed by atoms with Crippen molar-refractivity contribution in [1.29, 1.82) is 0 Å². The highest BCUT2D eigenvalue weighted by Crippen LogP contribution is 2.19. The first-order valence-electron chi connectivity index (χ1n) is 5.49. The standard InChI is InChI=1S/C12H13ClN4O/c1-18-12-16-8-10(13)11(17-12)15-6-4-9-3-2-5-14-7-9/h2-3,5,7-8H,4,6H2,1H3,(H,15,16,17). The summed E-state index contributed by atoms with van der Waals surface area (Å²) in [5, 5.41) is 3.62. The molecule has 0 spiro atoms. The SMILES string of the molecule is COc1ncc(Cl)c(NCCc2cccnc2)n1. The van der Waals surface area contributed by atoms with E-state index in [2.05, 4.69) is 20.3 Å². The van der Waals surface area contributed by atoms with E-state index in [0.29, 0.717) is 23.4 Å². The Morgan fingerprint density at radius 1 is 1.39 bits per heavy atom. The summed E-state index contributed by atoms with van der Waals surface area (Å²) in [5.74, 6) is 0.576. The third-order valence-corrected chi connectivity index (χ3v) is 2.61. The Balaban J connectivity index is 1.94. The zero-order valence-electron chi connectivity index (χ0n) is 9.93. The average molecular weight is 265 g/mol. The van der Waals surface area contributed by atoms with Gasteiger partial charge < -0.3 is 10.1 Å². The van der Waals surface area contributed by atoms with E-state index in [0.717, 1.165) is 12.0 Å². The van der Waals surface area contributed by atoms with Crippen LogP contribution in [0.25, 0.3) is 0 Å². The lowest BCUT2D eigenvalue weighted by molar-refractivity contribution is 0.380. The largest absolute Gasteiger partial charge is 0.467 e. The molecule has 0 aliphatic heterocycles. The van der Waals surface area contributed by atoms with Crippen LogP contribution in [-0.2, 0) is 6.42 Å². The van der Waals surface area contributed by atoms with E-state index in [-0.39, 0.29) is 0 Å². The Bertz CT molecular complexity index is 507. The quantitative estimate of drug-likeness (QED) is 0.897. The minimum Gasteiger partial charge on any atom is -0.467 e. The molecule has 18 heavy (non-hydrogen) atoms. The fourth-order valence-corrected chi connectivity index (χ4v) is 1.60. The molecule has 0 atom stereocenters. The molecule has 0 aromatic carbocycles. The first-order valence-corrected chi connectivity index (χ1v) is 5.86. The van der Waals surface area contributed by atoms with E-state index in [9.17, 15) is 0 Å². The van der Waals surface area contributed by atoms with Gasteiger partial charge in [-0.15, -0.1) is 0 Å². The molecule has 2 aromatic heterocycles. The van der Waals surface area contributed by atoms with Crippen molar-refractivity contribution >= 4 is 17.4 Å². The van der Waals surface area contributed by atoms with Gasteiger partial charge in [-0.25, -0.2) is 4.98 Å². The number of ether oxygens (including phenoxy) is 1. The van der Waals surface area contributed by atoms with Crippen LogP contribution in [-0.4, -0.2) is 28.6 Å². The molecule has 0 aliphatic carbocycles. The van der Waals surface area contributed by atoms with Crippen LogP contribution in [0.5, 0.6) is 6.01 Å². The van der Waals surface area contributed by atoms with Gasteiger partial charge in [0.15, 0.2) is 5.82 Å². The second-order valence-corrected chi connectivity index (χ2v) is 4.00. The number of hydrogen-bond acceptors (Lipinski definition) is 5. The van der Waals surface area contributed by atoms with Crippen molar-refractivity contribution in [3.05, 3.63) is 41.3 Å². The molecule has 0 saturated carbocycles. The van der Waals surface area contributed by atoms with E-state index in [4.69, 9.17) is 16.3 Å². The van der Waals surface area contributed by atoms with Crippen LogP contribution < -0.4 is 10.1 Å². The second kappa shape index (κ2) is 6.16. The van der Waals surface area contributed by atoms with E-state index in [1.165, 1.54) is 13.3 Å². The Labute approximate surface area is 110 Å². The Morgan fingerprint density at radius 2 is 2.28 bits per heavy atom. The normalized spacial score (nSPS) is 10.1. The Kier molecular flexibility index (Phi) is 4.30. The highest BCUT2D eigenvalue weighted by molar-refractivity contribution is 6.32. The second-order valence-electron chi connectivity index (χ2n) is 3.59. The van der Waals surface area contributed by atoms with E-state index in [1.807, 2.05) is 18.3 Å². The maximum absolute atomic E-state index is 5.98. The smallest absolute Gasteiger partial charge is 0.318 e. The maximum Gasteiger partial charge on any atom is 0.318 e. The van der Waals surface area contributed by atoms with Gasteiger partial charge in [-0.2, -0.15) is 4.98 Å². The number of pyridine rings is 1. The Morgan fingerprint density at radius 3 is 3.00 bits per heavy atom. The molecule has 0 radical (unpaired) electrons. The van der Waals surface area contributed by atoms with Crippen molar-refractivity contribution < 1.29 is 4.74 Å². The van der Waals surface area contributed by atoms with Gasteiger partial charge in [0.25, 0.3) is 0 Å².